The van der Waals surface area contributed by atoms with Crippen molar-refractivity contribution in [2.24, 2.45) is 23.7 Å². The Kier molecular flexibility index (Phi) is 4.02. The van der Waals surface area contributed by atoms with E-state index in [-0.39, 0.29) is 52.5 Å². The van der Waals surface area contributed by atoms with Crippen molar-refractivity contribution >= 4 is 29.2 Å². The van der Waals surface area contributed by atoms with Gasteiger partial charge in [-0.25, -0.2) is 9.69 Å². The summed E-state index contributed by atoms with van der Waals surface area (Å²) in [5.41, 5.74) is 0.401. The lowest BCUT2D eigenvalue weighted by molar-refractivity contribution is -0.384. The summed E-state index contributed by atoms with van der Waals surface area (Å²) in [7, 11) is 0. The number of amides is 2. The molecular weight excluding hydrogens is 388 g/mol. The first kappa shape index (κ1) is 18.2. The van der Waals surface area contributed by atoms with Crippen LogP contribution in [0.5, 0.6) is 5.75 Å². The van der Waals surface area contributed by atoms with E-state index in [1.165, 1.54) is 41.3 Å². The second-order valence-electron chi connectivity index (χ2n) is 7.70. The summed E-state index contributed by atoms with van der Waals surface area (Å²) < 4.78 is 5.27. The number of hydrogen-bond donors (Lipinski definition) is 0. The molecule has 8 heteroatoms. The summed E-state index contributed by atoms with van der Waals surface area (Å²) in [5, 5.41) is 10.7. The molecule has 8 nitrogen and oxygen atoms in total. The Morgan fingerprint density at radius 1 is 1.00 bits per heavy atom. The number of benzene rings is 2. The van der Waals surface area contributed by atoms with Gasteiger partial charge in [-0.15, -0.1) is 0 Å². The van der Waals surface area contributed by atoms with Crippen LogP contribution >= 0.6 is 0 Å². The fraction of sp³-hybridized carbons (Fsp3) is 0.227. The number of nitrogens with zero attached hydrogens (tertiary/aromatic N) is 2. The maximum atomic E-state index is 12.9. The van der Waals surface area contributed by atoms with Crippen molar-refractivity contribution in [1.82, 2.24) is 0 Å². The summed E-state index contributed by atoms with van der Waals surface area (Å²) in [6.07, 6.45) is 4.90. The molecule has 2 aromatic carbocycles. The Balaban J connectivity index is 1.37. The van der Waals surface area contributed by atoms with Gasteiger partial charge in [0.25, 0.3) is 5.69 Å². The molecule has 1 saturated heterocycles. The van der Waals surface area contributed by atoms with E-state index in [1.54, 1.807) is 12.1 Å². The number of imide groups is 1. The van der Waals surface area contributed by atoms with Crippen molar-refractivity contribution in [2.45, 2.75) is 6.42 Å². The fourth-order valence-electron chi connectivity index (χ4n) is 4.73. The molecule has 3 aliphatic rings. The highest BCUT2D eigenvalue weighted by Crippen LogP contribution is 2.53. The number of non-ortho nitro benzene ring substituents is 1. The Hall–Kier alpha value is -3.81. The molecule has 2 aromatic rings. The highest BCUT2D eigenvalue weighted by atomic mass is 16.6. The average Bonchev–Trinajstić information content (AvgIpc) is 3.42. The molecule has 4 atom stereocenters. The minimum Gasteiger partial charge on any atom is -0.423 e. The summed E-state index contributed by atoms with van der Waals surface area (Å²) >= 11 is 0. The highest BCUT2D eigenvalue weighted by molar-refractivity contribution is 6.23. The predicted octanol–water partition coefficient (Wildman–Crippen LogP) is 3.13. The smallest absolute Gasteiger partial charge is 0.343 e. The van der Waals surface area contributed by atoms with Crippen LogP contribution in [-0.4, -0.2) is 22.7 Å². The molecule has 150 valence electrons. The first-order valence-electron chi connectivity index (χ1n) is 9.57. The molecule has 5 rings (SSSR count). The zero-order chi connectivity index (χ0) is 21.0. The van der Waals surface area contributed by atoms with E-state index >= 15 is 0 Å². The summed E-state index contributed by atoms with van der Waals surface area (Å²) in [6.45, 7) is 0. The first-order chi connectivity index (χ1) is 14.4. The van der Waals surface area contributed by atoms with E-state index in [2.05, 4.69) is 0 Å². The fourth-order valence-corrected chi connectivity index (χ4v) is 4.73. The molecule has 0 unspecified atom stereocenters. The Morgan fingerprint density at radius 3 is 2.23 bits per heavy atom. The summed E-state index contributed by atoms with van der Waals surface area (Å²) in [4.78, 5) is 49.8. The molecule has 2 bridgehead atoms. The van der Waals surface area contributed by atoms with E-state index in [0.29, 0.717) is 5.69 Å². The van der Waals surface area contributed by atoms with Crippen LogP contribution in [0.1, 0.15) is 16.8 Å². The van der Waals surface area contributed by atoms with Crippen LogP contribution < -0.4 is 9.64 Å². The van der Waals surface area contributed by atoms with Gasteiger partial charge < -0.3 is 4.74 Å². The van der Waals surface area contributed by atoms with Crippen molar-refractivity contribution < 1.29 is 24.0 Å². The zero-order valence-electron chi connectivity index (χ0n) is 15.6. The predicted molar refractivity (Wildman–Crippen MR) is 105 cm³/mol. The summed E-state index contributed by atoms with van der Waals surface area (Å²) in [5.74, 6) is -1.39. The molecule has 30 heavy (non-hydrogen) atoms. The number of hydrogen-bond acceptors (Lipinski definition) is 6. The van der Waals surface area contributed by atoms with Crippen LogP contribution in [-0.2, 0) is 9.59 Å². The molecule has 0 aromatic heterocycles. The maximum absolute atomic E-state index is 12.9. The van der Waals surface area contributed by atoms with Crippen molar-refractivity contribution in [3.05, 3.63) is 76.4 Å². The number of anilines is 1. The van der Waals surface area contributed by atoms with Gasteiger partial charge in [0.2, 0.25) is 11.8 Å². The molecular formula is C22H16N2O6. The number of rotatable bonds is 4. The van der Waals surface area contributed by atoms with Gasteiger partial charge in [0, 0.05) is 12.1 Å². The van der Waals surface area contributed by atoms with Gasteiger partial charge in [-0.2, -0.15) is 0 Å². The molecule has 2 amide bonds. The van der Waals surface area contributed by atoms with Crippen molar-refractivity contribution in [3.63, 3.8) is 0 Å². The van der Waals surface area contributed by atoms with Crippen LogP contribution in [0.4, 0.5) is 11.4 Å². The number of carbonyl (C=O) groups excluding carboxylic acids is 3. The van der Waals surface area contributed by atoms with E-state index in [1.807, 2.05) is 12.2 Å². The second-order valence-corrected chi connectivity index (χ2v) is 7.70. The third-order valence-electron chi connectivity index (χ3n) is 6.07. The number of nitro groups is 1. The van der Waals surface area contributed by atoms with Gasteiger partial charge in [-0.3, -0.25) is 19.7 Å². The SMILES string of the molecule is O=C(Oc1ccc([N+](=O)[O-])cc1)c1cccc(N2C(=O)[C@@H]3[C@@H](C2=O)[C@H]2C=C[C@@H]3C2)c1. The highest BCUT2D eigenvalue weighted by Gasteiger charge is 2.59. The third kappa shape index (κ3) is 2.72. The topological polar surface area (TPSA) is 107 Å². The molecule has 2 fully saturated rings. The molecule has 2 aliphatic carbocycles. The number of ether oxygens (including phenoxy) is 1. The minimum absolute atomic E-state index is 0.108. The van der Waals surface area contributed by atoms with E-state index in [9.17, 15) is 24.5 Å². The van der Waals surface area contributed by atoms with Gasteiger partial charge in [0.15, 0.2) is 0 Å². The molecule has 0 N–H and O–H groups in total. The number of carbonyl (C=O) groups is 3. The lowest BCUT2D eigenvalue weighted by Crippen LogP contribution is -2.33. The van der Waals surface area contributed by atoms with Crippen LogP contribution in [0.3, 0.4) is 0 Å². The van der Waals surface area contributed by atoms with Gasteiger partial charge in [-0.05, 0) is 48.6 Å². The lowest BCUT2D eigenvalue weighted by atomic mass is 9.85. The number of allylic oxidation sites excluding steroid dienone is 2. The number of esters is 1. The van der Waals surface area contributed by atoms with Crippen LogP contribution in [0.15, 0.2) is 60.7 Å². The number of fused-ring (bicyclic) bond motifs is 5. The van der Waals surface area contributed by atoms with Gasteiger partial charge in [-0.1, -0.05) is 18.2 Å². The maximum Gasteiger partial charge on any atom is 0.343 e. The van der Waals surface area contributed by atoms with Gasteiger partial charge in [0.05, 0.1) is 28.0 Å². The van der Waals surface area contributed by atoms with Gasteiger partial charge in [0.1, 0.15) is 5.75 Å². The van der Waals surface area contributed by atoms with Crippen LogP contribution in [0.2, 0.25) is 0 Å². The van der Waals surface area contributed by atoms with Gasteiger partial charge >= 0.3 is 5.97 Å². The molecule has 1 saturated carbocycles. The lowest BCUT2D eigenvalue weighted by Gasteiger charge is -2.18. The molecule has 1 heterocycles. The van der Waals surface area contributed by atoms with Crippen molar-refractivity contribution in [3.8, 4) is 5.75 Å². The third-order valence-corrected chi connectivity index (χ3v) is 6.07. The molecule has 0 radical (unpaired) electrons. The Labute approximate surface area is 170 Å². The standard InChI is InChI=1S/C22H16N2O6/c25-20-18-12-4-5-13(10-12)19(18)21(26)23(20)16-3-1-2-14(11-16)22(27)30-17-8-6-15(7-9-17)24(28)29/h1-9,11-13,18-19H,10H2/t12-,13+,18-,19-/m0/s1. The van der Waals surface area contributed by atoms with E-state index in [4.69, 9.17) is 4.74 Å². The van der Waals surface area contributed by atoms with E-state index in [0.717, 1.165) is 6.42 Å². The first-order valence-corrected chi connectivity index (χ1v) is 9.57. The van der Waals surface area contributed by atoms with Crippen LogP contribution in [0.25, 0.3) is 0 Å². The van der Waals surface area contributed by atoms with Crippen molar-refractivity contribution in [2.75, 3.05) is 4.90 Å². The zero-order valence-corrected chi connectivity index (χ0v) is 15.6. The van der Waals surface area contributed by atoms with Crippen molar-refractivity contribution in [1.29, 1.82) is 0 Å². The monoisotopic (exact) mass is 404 g/mol. The normalized spacial score (nSPS) is 26.2. The minimum atomic E-state index is -0.688. The molecule has 1 aliphatic heterocycles. The molecule has 0 spiro atoms. The number of nitro benzene ring substituents is 1. The summed E-state index contributed by atoms with van der Waals surface area (Å²) in [6, 6.07) is 11.3. The Bertz CT molecular complexity index is 1090. The second kappa shape index (κ2) is 6.62. The van der Waals surface area contributed by atoms with E-state index < -0.39 is 10.9 Å². The largest absolute Gasteiger partial charge is 0.423 e. The van der Waals surface area contributed by atoms with Crippen LogP contribution in [0, 0.1) is 33.8 Å². The quantitative estimate of drug-likeness (QED) is 0.194. The average molecular weight is 404 g/mol. The Morgan fingerprint density at radius 2 is 1.63 bits per heavy atom.